The smallest absolute Gasteiger partial charge is 0.156 e. The third-order valence-corrected chi connectivity index (χ3v) is 4.25. The first-order valence-electron chi connectivity index (χ1n) is 7.30. The summed E-state index contributed by atoms with van der Waals surface area (Å²) in [5.41, 5.74) is 0. The van der Waals surface area contributed by atoms with Gasteiger partial charge in [0.25, 0.3) is 0 Å². The van der Waals surface area contributed by atoms with Crippen LogP contribution in [0.15, 0.2) is 4.99 Å². The molecule has 1 fully saturated rings. The maximum absolute atomic E-state index is 4.67. The number of rotatable bonds is 8. The number of aliphatic imine (C=N–C) groups is 1. The van der Waals surface area contributed by atoms with Gasteiger partial charge in [-0.2, -0.15) is 0 Å². The fourth-order valence-electron chi connectivity index (χ4n) is 2.06. The third-order valence-electron chi connectivity index (χ3n) is 3.29. The largest absolute Gasteiger partial charge is 0.362 e. The van der Waals surface area contributed by atoms with Crippen molar-refractivity contribution in [3.63, 3.8) is 0 Å². The number of hydrogen-bond acceptors (Lipinski definition) is 2. The second-order valence-corrected chi connectivity index (χ2v) is 5.92. The number of thioether (sulfide) groups is 1. The summed E-state index contributed by atoms with van der Waals surface area (Å²) in [6.07, 6.45) is 10.6. The Hall–Kier alpha value is -0.180. The van der Waals surface area contributed by atoms with Crippen molar-refractivity contribution in [3.8, 4) is 0 Å². The van der Waals surface area contributed by atoms with Crippen LogP contribution in [0.25, 0.3) is 0 Å². The molecule has 0 spiro atoms. The van der Waals surface area contributed by atoms with Crippen molar-refractivity contribution in [1.82, 2.24) is 5.32 Å². The maximum atomic E-state index is 4.67. The SMILES string of the molecule is CCCCCCCCN=C1NC(CC)CCS1. The van der Waals surface area contributed by atoms with Gasteiger partial charge in [-0.15, -0.1) is 0 Å². The summed E-state index contributed by atoms with van der Waals surface area (Å²) in [6.45, 7) is 5.53. The average molecular weight is 256 g/mol. The molecule has 0 aromatic heterocycles. The summed E-state index contributed by atoms with van der Waals surface area (Å²) in [7, 11) is 0. The molecule has 2 nitrogen and oxygen atoms in total. The zero-order chi connectivity index (χ0) is 12.3. The Morgan fingerprint density at radius 3 is 2.71 bits per heavy atom. The minimum atomic E-state index is 0.666. The predicted octanol–water partition coefficient (Wildman–Crippen LogP) is 4.21. The molecule has 0 aromatic carbocycles. The lowest BCUT2D eigenvalue weighted by atomic mass is 10.1. The number of unbranched alkanes of at least 4 members (excludes halogenated alkanes) is 5. The van der Waals surface area contributed by atoms with Crippen molar-refractivity contribution in [2.45, 2.75) is 71.3 Å². The molecule has 0 bridgehead atoms. The van der Waals surface area contributed by atoms with Gasteiger partial charge >= 0.3 is 0 Å². The second kappa shape index (κ2) is 9.81. The van der Waals surface area contributed by atoms with Crippen LogP contribution >= 0.6 is 11.8 Å². The van der Waals surface area contributed by atoms with Gasteiger partial charge in [-0.25, -0.2) is 0 Å². The summed E-state index contributed by atoms with van der Waals surface area (Å²) in [5.74, 6) is 1.24. The van der Waals surface area contributed by atoms with Crippen LogP contribution in [0, 0.1) is 0 Å². The number of nitrogens with zero attached hydrogens (tertiary/aromatic N) is 1. The Morgan fingerprint density at radius 1 is 1.18 bits per heavy atom. The van der Waals surface area contributed by atoms with Gasteiger partial charge in [-0.1, -0.05) is 57.7 Å². The first-order chi connectivity index (χ1) is 8.36. The van der Waals surface area contributed by atoms with Crippen LogP contribution < -0.4 is 5.32 Å². The highest BCUT2D eigenvalue weighted by Gasteiger charge is 2.14. The number of nitrogens with one attached hydrogen (secondary N) is 1. The van der Waals surface area contributed by atoms with Crippen molar-refractivity contribution >= 4 is 16.9 Å². The van der Waals surface area contributed by atoms with E-state index in [0.717, 1.165) is 6.54 Å². The minimum Gasteiger partial charge on any atom is -0.362 e. The molecule has 1 atom stereocenters. The van der Waals surface area contributed by atoms with E-state index in [4.69, 9.17) is 0 Å². The lowest BCUT2D eigenvalue weighted by Gasteiger charge is -2.24. The molecule has 1 aliphatic rings. The van der Waals surface area contributed by atoms with Crippen molar-refractivity contribution in [3.05, 3.63) is 0 Å². The average Bonchev–Trinajstić information content (AvgIpc) is 2.38. The van der Waals surface area contributed by atoms with Gasteiger partial charge in [0.05, 0.1) is 0 Å². The fourth-order valence-corrected chi connectivity index (χ4v) is 3.08. The van der Waals surface area contributed by atoms with Crippen LogP contribution in [0.1, 0.15) is 65.2 Å². The summed E-state index contributed by atoms with van der Waals surface area (Å²) >= 11 is 1.89. The Kier molecular flexibility index (Phi) is 8.59. The van der Waals surface area contributed by atoms with Gasteiger partial charge in [-0.3, -0.25) is 4.99 Å². The lowest BCUT2D eigenvalue weighted by molar-refractivity contribution is 0.569. The maximum Gasteiger partial charge on any atom is 0.156 e. The molecule has 1 unspecified atom stereocenters. The van der Waals surface area contributed by atoms with Crippen LogP contribution in [0.4, 0.5) is 0 Å². The topological polar surface area (TPSA) is 24.4 Å². The molecule has 17 heavy (non-hydrogen) atoms. The quantitative estimate of drug-likeness (QED) is 0.658. The summed E-state index contributed by atoms with van der Waals surface area (Å²) in [6, 6.07) is 0.666. The zero-order valence-corrected chi connectivity index (χ0v) is 12.3. The summed E-state index contributed by atoms with van der Waals surface area (Å²) in [5, 5.41) is 4.72. The molecule has 1 heterocycles. The predicted molar refractivity (Wildman–Crippen MR) is 80.0 cm³/mol. The molecular weight excluding hydrogens is 228 g/mol. The highest BCUT2D eigenvalue weighted by molar-refractivity contribution is 8.13. The monoisotopic (exact) mass is 256 g/mol. The minimum absolute atomic E-state index is 0.666. The molecule has 100 valence electrons. The molecule has 0 saturated carbocycles. The van der Waals surface area contributed by atoms with Gasteiger partial charge in [0.15, 0.2) is 5.17 Å². The van der Waals surface area contributed by atoms with Crippen molar-refractivity contribution in [2.24, 2.45) is 4.99 Å². The van der Waals surface area contributed by atoms with Gasteiger partial charge in [-0.05, 0) is 19.3 Å². The normalized spacial score (nSPS) is 22.7. The summed E-state index contributed by atoms with van der Waals surface area (Å²) in [4.78, 5) is 4.67. The molecule has 1 saturated heterocycles. The standard InChI is InChI=1S/C14H28N2S/c1-3-5-6-7-8-9-11-15-14-16-13(4-2)10-12-17-14/h13H,3-12H2,1-2H3,(H,15,16). The molecule has 0 aliphatic carbocycles. The van der Waals surface area contributed by atoms with E-state index in [1.165, 1.54) is 62.3 Å². The number of amidine groups is 1. The first-order valence-corrected chi connectivity index (χ1v) is 8.29. The van der Waals surface area contributed by atoms with Gasteiger partial charge in [0.2, 0.25) is 0 Å². The highest BCUT2D eigenvalue weighted by Crippen LogP contribution is 2.15. The molecule has 0 aromatic rings. The van der Waals surface area contributed by atoms with Crippen LogP contribution in [0.2, 0.25) is 0 Å². The Bertz CT molecular complexity index is 216. The lowest BCUT2D eigenvalue weighted by Crippen LogP contribution is -2.37. The van der Waals surface area contributed by atoms with E-state index in [2.05, 4.69) is 24.2 Å². The van der Waals surface area contributed by atoms with E-state index in [1.807, 2.05) is 11.8 Å². The Labute approximate surface area is 111 Å². The van der Waals surface area contributed by atoms with Crippen LogP contribution in [-0.4, -0.2) is 23.5 Å². The van der Waals surface area contributed by atoms with Gasteiger partial charge in [0.1, 0.15) is 0 Å². The fraction of sp³-hybridized carbons (Fsp3) is 0.929. The van der Waals surface area contributed by atoms with Crippen LogP contribution in [0.5, 0.6) is 0 Å². The third kappa shape index (κ3) is 6.97. The Balaban J connectivity index is 2.03. The number of hydrogen-bond donors (Lipinski definition) is 1. The van der Waals surface area contributed by atoms with E-state index >= 15 is 0 Å². The Morgan fingerprint density at radius 2 is 1.94 bits per heavy atom. The molecular formula is C14H28N2S. The van der Waals surface area contributed by atoms with Crippen LogP contribution in [0.3, 0.4) is 0 Å². The molecule has 1 N–H and O–H groups in total. The molecule has 0 amide bonds. The van der Waals surface area contributed by atoms with E-state index in [0.29, 0.717) is 6.04 Å². The van der Waals surface area contributed by atoms with Crippen molar-refractivity contribution in [2.75, 3.05) is 12.3 Å². The zero-order valence-electron chi connectivity index (χ0n) is 11.5. The molecule has 0 radical (unpaired) electrons. The van der Waals surface area contributed by atoms with Gasteiger partial charge in [0, 0.05) is 18.3 Å². The van der Waals surface area contributed by atoms with E-state index in [9.17, 15) is 0 Å². The highest BCUT2D eigenvalue weighted by atomic mass is 32.2. The van der Waals surface area contributed by atoms with Crippen LogP contribution in [-0.2, 0) is 0 Å². The second-order valence-electron chi connectivity index (χ2n) is 4.84. The summed E-state index contributed by atoms with van der Waals surface area (Å²) < 4.78 is 0. The van der Waals surface area contributed by atoms with Crippen molar-refractivity contribution < 1.29 is 0 Å². The molecule has 1 aliphatic heterocycles. The first kappa shape index (κ1) is 14.9. The molecule has 1 rings (SSSR count). The van der Waals surface area contributed by atoms with E-state index in [1.54, 1.807) is 0 Å². The van der Waals surface area contributed by atoms with Crippen molar-refractivity contribution in [1.29, 1.82) is 0 Å². The van der Waals surface area contributed by atoms with E-state index < -0.39 is 0 Å². The van der Waals surface area contributed by atoms with Gasteiger partial charge < -0.3 is 5.32 Å². The molecule has 3 heteroatoms. The van der Waals surface area contributed by atoms with E-state index in [-0.39, 0.29) is 0 Å².